The summed E-state index contributed by atoms with van der Waals surface area (Å²) in [4.78, 5) is 4.43. The molecule has 16 heavy (non-hydrogen) atoms. The van der Waals surface area contributed by atoms with Crippen LogP contribution in [0.15, 0.2) is 17.5 Å². The lowest BCUT2D eigenvalue weighted by atomic mass is 10.3. The molecule has 1 atom stereocenters. The molecule has 0 bridgehead atoms. The van der Waals surface area contributed by atoms with Gasteiger partial charge in [-0.25, -0.2) is 4.98 Å². The molecule has 2 heterocycles. The van der Waals surface area contributed by atoms with E-state index in [2.05, 4.69) is 27.4 Å². The van der Waals surface area contributed by atoms with Crippen LogP contribution in [0.3, 0.4) is 0 Å². The first kappa shape index (κ1) is 11.0. The van der Waals surface area contributed by atoms with E-state index in [1.165, 1.54) is 0 Å². The Morgan fingerprint density at radius 1 is 1.19 bits per heavy atom. The third kappa shape index (κ3) is 2.55. The average molecular weight is 234 g/mol. The average Bonchev–Trinajstić information content (AvgIpc) is 2.68. The van der Waals surface area contributed by atoms with E-state index in [4.69, 9.17) is 0 Å². The Morgan fingerprint density at radius 2 is 2.00 bits per heavy atom. The van der Waals surface area contributed by atoms with Crippen molar-refractivity contribution < 1.29 is 0 Å². The summed E-state index contributed by atoms with van der Waals surface area (Å²) in [6, 6.07) is 4.03. The lowest BCUT2D eigenvalue weighted by molar-refractivity contribution is 0.840. The smallest absolute Gasteiger partial charge is 0.149 e. The highest BCUT2D eigenvalue weighted by molar-refractivity contribution is 7.09. The van der Waals surface area contributed by atoms with Crippen LogP contribution >= 0.6 is 11.3 Å². The van der Waals surface area contributed by atoms with Gasteiger partial charge in [-0.15, -0.1) is 16.4 Å². The Morgan fingerprint density at radius 3 is 2.56 bits per heavy atom. The number of anilines is 1. The van der Waals surface area contributed by atoms with E-state index in [-0.39, 0.29) is 6.04 Å². The lowest BCUT2D eigenvalue weighted by Crippen LogP contribution is -2.08. The van der Waals surface area contributed by atoms with Crippen LogP contribution < -0.4 is 5.32 Å². The highest BCUT2D eigenvalue weighted by Gasteiger charge is 2.09. The molecular formula is C11H14N4S. The SMILES string of the molecule is Cc1ccc(NC(C)c2nc(C)cs2)nn1. The molecule has 1 unspecified atom stereocenters. The molecule has 0 aliphatic carbocycles. The van der Waals surface area contributed by atoms with Crippen molar-refractivity contribution in [3.05, 3.63) is 33.9 Å². The van der Waals surface area contributed by atoms with E-state index in [9.17, 15) is 0 Å². The van der Waals surface area contributed by atoms with Crippen LogP contribution in [0, 0.1) is 13.8 Å². The maximum Gasteiger partial charge on any atom is 0.149 e. The quantitative estimate of drug-likeness (QED) is 0.887. The van der Waals surface area contributed by atoms with Crippen molar-refractivity contribution >= 4 is 17.2 Å². The van der Waals surface area contributed by atoms with Crippen LogP contribution in [0.5, 0.6) is 0 Å². The summed E-state index contributed by atoms with van der Waals surface area (Å²) in [5, 5.41) is 14.5. The molecule has 0 spiro atoms. The van der Waals surface area contributed by atoms with Crippen LogP contribution in [0.1, 0.15) is 29.4 Å². The van der Waals surface area contributed by atoms with Crippen molar-refractivity contribution in [2.24, 2.45) is 0 Å². The highest BCUT2D eigenvalue weighted by Crippen LogP contribution is 2.20. The fourth-order valence-electron chi connectivity index (χ4n) is 1.33. The minimum Gasteiger partial charge on any atom is -0.360 e. The second kappa shape index (κ2) is 4.57. The van der Waals surface area contributed by atoms with E-state index in [0.29, 0.717) is 0 Å². The van der Waals surface area contributed by atoms with Gasteiger partial charge in [-0.05, 0) is 32.9 Å². The van der Waals surface area contributed by atoms with E-state index in [0.717, 1.165) is 22.2 Å². The largest absolute Gasteiger partial charge is 0.360 e. The normalized spacial score (nSPS) is 12.4. The van der Waals surface area contributed by atoms with Crippen LogP contribution in [0.2, 0.25) is 0 Å². The van der Waals surface area contributed by atoms with Gasteiger partial charge in [0, 0.05) is 11.1 Å². The van der Waals surface area contributed by atoms with Crippen molar-refractivity contribution in [1.29, 1.82) is 0 Å². The molecule has 0 radical (unpaired) electrons. The molecule has 5 heteroatoms. The topological polar surface area (TPSA) is 50.7 Å². The van der Waals surface area contributed by atoms with Gasteiger partial charge in [0.15, 0.2) is 0 Å². The van der Waals surface area contributed by atoms with Crippen LogP contribution in [0.4, 0.5) is 5.82 Å². The molecule has 0 amide bonds. The second-order valence-corrected chi connectivity index (χ2v) is 4.64. The van der Waals surface area contributed by atoms with Crippen molar-refractivity contribution in [2.75, 3.05) is 5.32 Å². The number of aryl methyl sites for hydroxylation is 2. The summed E-state index contributed by atoms with van der Waals surface area (Å²) in [6.07, 6.45) is 0. The van der Waals surface area contributed by atoms with Crippen LogP contribution in [-0.4, -0.2) is 15.2 Å². The Hall–Kier alpha value is -1.49. The summed E-state index contributed by atoms with van der Waals surface area (Å²) < 4.78 is 0. The van der Waals surface area contributed by atoms with Gasteiger partial charge < -0.3 is 5.32 Å². The Bertz CT molecular complexity index is 463. The van der Waals surface area contributed by atoms with Gasteiger partial charge in [0.2, 0.25) is 0 Å². The van der Waals surface area contributed by atoms with Gasteiger partial charge in [-0.3, -0.25) is 0 Å². The molecule has 2 aromatic rings. The third-order valence-corrected chi connectivity index (χ3v) is 3.31. The maximum absolute atomic E-state index is 4.43. The molecule has 0 aliphatic heterocycles. The number of nitrogens with one attached hydrogen (secondary N) is 1. The van der Waals surface area contributed by atoms with Gasteiger partial charge in [0.05, 0.1) is 11.7 Å². The molecule has 84 valence electrons. The number of nitrogens with zero attached hydrogens (tertiary/aromatic N) is 3. The van der Waals surface area contributed by atoms with Gasteiger partial charge in [-0.2, -0.15) is 5.10 Å². The molecule has 1 N–H and O–H groups in total. The second-order valence-electron chi connectivity index (χ2n) is 3.75. The van der Waals surface area contributed by atoms with Gasteiger partial charge in [0.25, 0.3) is 0 Å². The van der Waals surface area contributed by atoms with E-state index in [1.54, 1.807) is 11.3 Å². The number of aromatic nitrogens is 3. The zero-order valence-electron chi connectivity index (χ0n) is 9.56. The number of hydrogen-bond acceptors (Lipinski definition) is 5. The first-order valence-electron chi connectivity index (χ1n) is 5.14. The molecule has 2 rings (SSSR count). The minimum atomic E-state index is 0.163. The predicted octanol–water partition coefficient (Wildman–Crippen LogP) is 2.72. The Kier molecular flexibility index (Phi) is 3.14. The number of hydrogen-bond donors (Lipinski definition) is 1. The first-order valence-corrected chi connectivity index (χ1v) is 6.02. The highest BCUT2D eigenvalue weighted by atomic mass is 32.1. The van der Waals surface area contributed by atoms with Crippen molar-refractivity contribution in [2.45, 2.75) is 26.8 Å². The Labute approximate surface area is 98.8 Å². The van der Waals surface area contributed by atoms with E-state index in [1.807, 2.05) is 31.4 Å². The summed E-state index contributed by atoms with van der Waals surface area (Å²) in [6.45, 7) is 5.99. The summed E-state index contributed by atoms with van der Waals surface area (Å²) in [7, 11) is 0. The van der Waals surface area contributed by atoms with Crippen LogP contribution in [-0.2, 0) is 0 Å². The molecule has 0 fully saturated rings. The monoisotopic (exact) mass is 234 g/mol. The van der Waals surface area contributed by atoms with E-state index >= 15 is 0 Å². The fourth-order valence-corrected chi connectivity index (χ4v) is 2.13. The summed E-state index contributed by atoms with van der Waals surface area (Å²) in [5.74, 6) is 0.783. The Balaban J connectivity index is 2.07. The molecule has 0 saturated carbocycles. The van der Waals surface area contributed by atoms with Gasteiger partial charge >= 0.3 is 0 Å². The molecule has 2 aromatic heterocycles. The zero-order valence-corrected chi connectivity index (χ0v) is 10.4. The molecular weight excluding hydrogens is 220 g/mol. The fraction of sp³-hybridized carbons (Fsp3) is 0.364. The summed E-state index contributed by atoms with van der Waals surface area (Å²) >= 11 is 1.66. The third-order valence-electron chi connectivity index (χ3n) is 2.17. The molecule has 0 saturated heterocycles. The first-order chi connectivity index (χ1) is 7.65. The number of thiazole rings is 1. The molecule has 0 aromatic carbocycles. The van der Waals surface area contributed by atoms with Gasteiger partial charge in [-0.1, -0.05) is 0 Å². The summed E-state index contributed by atoms with van der Waals surface area (Å²) in [5.41, 5.74) is 1.98. The van der Waals surface area contributed by atoms with E-state index < -0.39 is 0 Å². The minimum absolute atomic E-state index is 0.163. The van der Waals surface area contributed by atoms with Gasteiger partial charge in [0.1, 0.15) is 10.8 Å². The zero-order chi connectivity index (χ0) is 11.5. The lowest BCUT2D eigenvalue weighted by Gasteiger charge is -2.10. The maximum atomic E-state index is 4.43. The van der Waals surface area contributed by atoms with Crippen molar-refractivity contribution in [3.8, 4) is 0 Å². The number of rotatable bonds is 3. The standard InChI is InChI=1S/C11H14N4S/c1-7-4-5-10(15-14-7)13-9(3)11-12-8(2)6-16-11/h4-6,9H,1-3H3,(H,13,15). The predicted molar refractivity (Wildman–Crippen MR) is 65.7 cm³/mol. The molecule has 0 aliphatic rings. The van der Waals surface area contributed by atoms with Crippen molar-refractivity contribution in [1.82, 2.24) is 15.2 Å². The van der Waals surface area contributed by atoms with Crippen LogP contribution in [0.25, 0.3) is 0 Å². The molecule has 4 nitrogen and oxygen atoms in total. The van der Waals surface area contributed by atoms with Crippen molar-refractivity contribution in [3.63, 3.8) is 0 Å².